The van der Waals surface area contributed by atoms with Gasteiger partial charge in [-0.15, -0.1) is 0 Å². The first-order valence-corrected chi connectivity index (χ1v) is 12.7. The van der Waals surface area contributed by atoms with E-state index in [1.807, 2.05) is 0 Å². The van der Waals surface area contributed by atoms with Gasteiger partial charge in [0.25, 0.3) is 0 Å². The fraction of sp³-hybridized carbons (Fsp3) is 0.846. The van der Waals surface area contributed by atoms with E-state index in [-0.39, 0.29) is 17.9 Å². The van der Waals surface area contributed by atoms with Crippen LogP contribution in [-0.4, -0.2) is 25.2 Å². The Bertz CT molecular complexity index is 503. The van der Waals surface area contributed by atoms with E-state index in [4.69, 9.17) is 9.47 Å². The number of rotatable bonds is 17. The Morgan fingerprint density at radius 3 is 1.60 bits per heavy atom. The Labute approximate surface area is 185 Å². The quantitative estimate of drug-likeness (QED) is 0.140. The van der Waals surface area contributed by atoms with Crippen molar-refractivity contribution >= 4 is 11.9 Å². The molecular formula is C26H46O4. The summed E-state index contributed by atoms with van der Waals surface area (Å²) in [6.07, 6.45) is 18.0. The van der Waals surface area contributed by atoms with Crippen LogP contribution in [0.15, 0.2) is 11.1 Å². The van der Waals surface area contributed by atoms with Crippen LogP contribution in [0.25, 0.3) is 0 Å². The maximum absolute atomic E-state index is 12.8. The van der Waals surface area contributed by atoms with Gasteiger partial charge in [0.15, 0.2) is 0 Å². The van der Waals surface area contributed by atoms with Crippen LogP contribution in [0.2, 0.25) is 0 Å². The maximum Gasteiger partial charge on any atom is 0.334 e. The summed E-state index contributed by atoms with van der Waals surface area (Å²) in [4.78, 5) is 25.4. The molecule has 0 aromatic carbocycles. The van der Waals surface area contributed by atoms with Crippen LogP contribution < -0.4 is 0 Å². The number of hydrogen-bond acceptors (Lipinski definition) is 4. The second-order valence-corrected chi connectivity index (χ2v) is 8.83. The highest BCUT2D eigenvalue weighted by atomic mass is 16.5. The summed E-state index contributed by atoms with van der Waals surface area (Å²) in [5, 5.41) is 0. The summed E-state index contributed by atoms with van der Waals surface area (Å²) in [7, 11) is 0. The van der Waals surface area contributed by atoms with Gasteiger partial charge in [0, 0.05) is 5.57 Å². The first-order chi connectivity index (χ1) is 14.6. The number of esters is 2. The molecule has 4 nitrogen and oxygen atoms in total. The minimum atomic E-state index is -0.345. The van der Waals surface area contributed by atoms with Gasteiger partial charge in [-0.05, 0) is 38.5 Å². The zero-order valence-corrected chi connectivity index (χ0v) is 19.9. The number of carbonyl (C=O) groups excluding carboxylic acids is 2. The average molecular weight is 423 g/mol. The van der Waals surface area contributed by atoms with Crippen molar-refractivity contribution in [3.8, 4) is 0 Å². The second kappa shape index (κ2) is 17.4. The maximum atomic E-state index is 12.8. The van der Waals surface area contributed by atoms with Crippen molar-refractivity contribution in [3.63, 3.8) is 0 Å². The molecule has 4 heteroatoms. The van der Waals surface area contributed by atoms with Crippen molar-refractivity contribution in [1.29, 1.82) is 0 Å². The predicted molar refractivity (Wildman–Crippen MR) is 123 cm³/mol. The minimum Gasteiger partial charge on any atom is -0.462 e. The molecular weight excluding hydrogens is 376 g/mol. The van der Waals surface area contributed by atoms with Gasteiger partial charge in [-0.3, -0.25) is 0 Å². The highest BCUT2D eigenvalue weighted by Gasteiger charge is 2.30. The van der Waals surface area contributed by atoms with E-state index < -0.39 is 0 Å². The van der Waals surface area contributed by atoms with Gasteiger partial charge in [-0.25, -0.2) is 9.59 Å². The summed E-state index contributed by atoms with van der Waals surface area (Å²) >= 11 is 0. The third-order valence-electron chi connectivity index (χ3n) is 6.16. The lowest BCUT2D eigenvalue weighted by molar-refractivity contribution is -0.143. The van der Waals surface area contributed by atoms with Crippen LogP contribution in [0.5, 0.6) is 0 Å². The van der Waals surface area contributed by atoms with Crippen LogP contribution >= 0.6 is 0 Å². The standard InChI is InChI=1S/C26H46O4/c1-4-6-8-10-12-16-20-29-25(27)22(3)24(23-18-14-15-19-23)26(28)30-21-17-13-11-9-7-5-2/h23H,4-21H2,1-3H3/b24-22-. The largest absolute Gasteiger partial charge is 0.462 e. The Balaban J connectivity index is 2.48. The first-order valence-electron chi connectivity index (χ1n) is 12.7. The van der Waals surface area contributed by atoms with E-state index in [1.54, 1.807) is 6.92 Å². The molecule has 0 radical (unpaired) electrons. The molecule has 0 saturated heterocycles. The van der Waals surface area contributed by atoms with E-state index in [2.05, 4.69) is 13.8 Å². The smallest absolute Gasteiger partial charge is 0.334 e. The lowest BCUT2D eigenvalue weighted by Gasteiger charge is -2.17. The molecule has 0 N–H and O–H groups in total. The minimum absolute atomic E-state index is 0.142. The Kier molecular flexibility index (Phi) is 15.5. The molecule has 1 aliphatic rings. The number of carbonyl (C=O) groups is 2. The zero-order valence-electron chi connectivity index (χ0n) is 19.9. The van der Waals surface area contributed by atoms with Crippen molar-refractivity contribution in [2.45, 2.75) is 124 Å². The Hall–Kier alpha value is -1.32. The van der Waals surface area contributed by atoms with Crippen molar-refractivity contribution in [2.24, 2.45) is 5.92 Å². The van der Waals surface area contributed by atoms with Gasteiger partial charge in [-0.1, -0.05) is 90.9 Å². The molecule has 1 rings (SSSR count). The molecule has 0 aliphatic heterocycles. The summed E-state index contributed by atoms with van der Waals surface area (Å²) in [5.41, 5.74) is 1.03. The molecule has 0 aromatic heterocycles. The fourth-order valence-electron chi connectivity index (χ4n) is 4.23. The molecule has 0 heterocycles. The van der Waals surface area contributed by atoms with Crippen LogP contribution in [0, 0.1) is 5.92 Å². The molecule has 0 unspecified atom stereocenters. The molecule has 1 fully saturated rings. The number of ether oxygens (including phenoxy) is 2. The molecule has 0 amide bonds. The molecule has 1 aliphatic carbocycles. The zero-order chi connectivity index (χ0) is 22.0. The second-order valence-electron chi connectivity index (χ2n) is 8.83. The van der Waals surface area contributed by atoms with Gasteiger partial charge in [0.1, 0.15) is 0 Å². The number of unbranched alkanes of at least 4 members (excludes halogenated alkanes) is 10. The molecule has 0 aromatic rings. The van der Waals surface area contributed by atoms with E-state index in [0.717, 1.165) is 51.4 Å². The lowest BCUT2D eigenvalue weighted by Crippen LogP contribution is -2.20. The third-order valence-corrected chi connectivity index (χ3v) is 6.16. The van der Waals surface area contributed by atoms with Gasteiger partial charge in [0.05, 0.1) is 18.8 Å². The molecule has 1 saturated carbocycles. The van der Waals surface area contributed by atoms with Crippen molar-refractivity contribution < 1.29 is 19.1 Å². The predicted octanol–water partition coefficient (Wildman–Crippen LogP) is 7.30. The van der Waals surface area contributed by atoms with Crippen LogP contribution in [0.3, 0.4) is 0 Å². The first kappa shape index (κ1) is 26.7. The van der Waals surface area contributed by atoms with E-state index in [1.165, 1.54) is 51.4 Å². The average Bonchev–Trinajstić information content (AvgIpc) is 3.26. The SMILES string of the molecule is CCCCCCCCOC(=O)/C(C)=C(\C(=O)OCCCCCCCC)C1CCCC1. The van der Waals surface area contributed by atoms with Crippen LogP contribution in [0.4, 0.5) is 0 Å². The van der Waals surface area contributed by atoms with E-state index in [0.29, 0.717) is 24.4 Å². The molecule has 30 heavy (non-hydrogen) atoms. The van der Waals surface area contributed by atoms with Gasteiger partial charge >= 0.3 is 11.9 Å². The van der Waals surface area contributed by atoms with Crippen molar-refractivity contribution in [3.05, 3.63) is 11.1 Å². The lowest BCUT2D eigenvalue weighted by atomic mass is 9.93. The molecule has 0 bridgehead atoms. The summed E-state index contributed by atoms with van der Waals surface area (Å²) in [6.45, 7) is 7.04. The van der Waals surface area contributed by atoms with Crippen molar-refractivity contribution in [1.82, 2.24) is 0 Å². The summed E-state index contributed by atoms with van der Waals surface area (Å²) < 4.78 is 11.0. The monoisotopic (exact) mass is 422 g/mol. The van der Waals surface area contributed by atoms with Gasteiger partial charge in [0.2, 0.25) is 0 Å². The molecule has 0 atom stereocenters. The fourth-order valence-corrected chi connectivity index (χ4v) is 4.23. The van der Waals surface area contributed by atoms with E-state index in [9.17, 15) is 9.59 Å². The Morgan fingerprint density at radius 2 is 1.10 bits per heavy atom. The van der Waals surface area contributed by atoms with Crippen LogP contribution in [0.1, 0.15) is 124 Å². The topological polar surface area (TPSA) is 52.6 Å². The highest BCUT2D eigenvalue weighted by molar-refractivity contribution is 6.00. The van der Waals surface area contributed by atoms with Gasteiger partial charge in [-0.2, -0.15) is 0 Å². The van der Waals surface area contributed by atoms with Gasteiger partial charge < -0.3 is 9.47 Å². The highest BCUT2D eigenvalue weighted by Crippen LogP contribution is 2.33. The number of hydrogen-bond donors (Lipinski definition) is 0. The molecule has 174 valence electrons. The van der Waals surface area contributed by atoms with Crippen LogP contribution in [-0.2, 0) is 19.1 Å². The summed E-state index contributed by atoms with van der Waals surface area (Å²) in [5.74, 6) is -0.505. The van der Waals surface area contributed by atoms with Crippen molar-refractivity contribution in [2.75, 3.05) is 13.2 Å². The third kappa shape index (κ3) is 11.2. The van der Waals surface area contributed by atoms with E-state index >= 15 is 0 Å². The Morgan fingerprint density at radius 1 is 0.667 bits per heavy atom. The molecule has 0 spiro atoms. The normalized spacial score (nSPS) is 15.2. The summed E-state index contributed by atoms with van der Waals surface area (Å²) in [6, 6.07) is 0.